The second-order valence-corrected chi connectivity index (χ2v) is 6.30. The topological polar surface area (TPSA) is 20.3 Å². The molecule has 0 spiro atoms. The molecule has 0 aliphatic heterocycles. The zero-order chi connectivity index (χ0) is 11.3. The molecule has 0 amide bonds. The number of hydrogen-bond acceptors (Lipinski definition) is 3. The summed E-state index contributed by atoms with van der Waals surface area (Å²) in [5.74, 6) is 0.280. The lowest BCUT2D eigenvalue weighted by Gasteiger charge is -2.14. The monoisotopic (exact) mass is 289 g/mol. The fourth-order valence-electron chi connectivity index (χ4n) is 1.38. The summed E-state index contributed by atoms with van der Waals surface area (Å²) in [6, 6.07) is 4.21. The number of thiophene rings is 1. The van der Waals surface area contributed by atoms with Crippen molar-refractivity contribution in [2.45, 2.75) is 26.3 Å². The Bertz CT molecular complexity index is 324. The van der Waals surface area contributed by atoms with E-state index in [1.807, 2.05) is 0 Å². The van der Waals surface area contributed by atoms with Crippen LogP contribution in [0.3, 0.4) is 0 Å². The highest BCUT2D eigenvalue weighted by molar-refractivity contribution is 9.11. The van der Waals surface area contributed by atoms with E-state index in [9.17, 15) is 4.79 Å². The lowest BCUT2D eigenvalue weighted by molar-refractivity contribution is -0.117. The first-order chi connectivity index (χ1) is 7.08. The number of ketones is 1. The van der Waals surface area contributed by atoms with Crippen LogP contribution < -0.4 is 0 Å². The molecule has 0 aliphatic carbocycles. The quantitative estimate of drug-likeness (QED) is 0.801. The molecular formula is C11H16BrNOS. The largest absolute Gasteiger partial charge is 0.301 e. The lowest BCUT2D eigenvalue weighted by Crippen LogP contribution is -2.18. The summed E-state index contributed by atoms with van der Waals surface area (Å²) in [5.41, 5.74) is 0. The van der Waals surface area contributed by atoms with Crippen LogP contribution in [0.15, 0.2) is 15.9 Å². The highest BCUT2D eigenvalue weighted by atomic mass is 79.9. The molecule has 0 N–H and O–H groups in total. The summed E-state index contributed by atoms with van der Waals surface area (Å²) in [5, 5.41) is 0. The first kappa shape index (κ1) is 12.9. The Hall–Kier alpha value is -0.190. The van der Waals surface area contributed by atoms with Crippen molar-refractivity contribution in [3.63, 3.8) is 0 Å². The first-order valence-corrected chi connectivity index (χ1v) is 6.61. The minimum absolute atomic E-state index is 0.280. The van der Waals surface area contributed by atoms with Crippen LogP contribution in [0, 0.1) is 0 Å². The molecule has 1 rings (SSSR count). The van der Waals surface area contributed by atoms with Gasteiger partial charge in [0.1, 0.15) is 5.78 Å². The van der Waals surface area contributed by atoms with E-state index in [1.165, 1.54) is 8.66 Å². The van der Waals surface area contributed by atoms with E-state index in [4.69, 9.17) is 0 Å². The van der Waals surface area contributed by atoms with Crippen LogP contribution in [0.1, 0.15) is 24.6 Å². The molecule has 0 fully saturated rings. The van der Waals surface area contributed by atoms with Gasteiger partial charge in [0.15, 0.2) is 0 Å². The van der Waals surface area contributed by atoms with E-state index in [0.29, 0.717) is 6.42 Å². The molecule has 1 aromatic heterocycles. The Kier molecular flexibility index (Phi) is 5.50. The third-order valence-corrected chi connectivity index (χ3v) is 3.73. The second kappa shape index (κ2) is 6.40. The van der Waals surface area contributed by atoms with E-state index in [-0.39, 0.29) is 5.78 Å². The maximum Gasteiger partial charge on any atom is 0.129 e. The Labute approximate surface area is 103 Å². The summed E-state index contributed by atoms with van der Waals surface area (Å²) >= 11 is 5.21. The van der Waals surface area contributed by atoms with Gasteiger partial charge in [0.05, 0.1) is 3.79 Å². The Morgan fingerprint density at radius 1 is 1.53 bits per heavy atom. The van der Waals surface area contributed by atoms with Gasteiger partial charge in [-0.3, -0.25) is 0 Å². The van der Waals surface area contributed by atoms with Crippen molar-refractivity contribution in [3.05, 3.63) is 20.8 Å². The van der Waals surface area contributed by atoms with Gasteiger partial charge >= 0.3 is 0 Å². The van der Waals surface area contributed by atoms with E-state index in [0.717, 1.165) is 19.5 Å². The molecule has 0 aromatic carbocycles. The Morgan fingerprint density at radius 3 is 2.80 bits per heavy atom. The van der Waals surface area contributed by atoms with Gasteiger partial charge in [-0.2, -0.15) is 0 Å². The molecule has 0 bridgehead atoms. The fourth-order valence-corrected chi connectivity index (χ4v) is 2.94. The third-order valence-electron chi connectivity index (χ3n) is 2.12. The highest BCUT2D eigenvalue weighted by Gasteiger charge is 2.03. The van der Waals surface area contributed by atoms with Crippen LogP contribution in [0.5, 0.6) is 0 Å². The van der Waals surface area contributed by atoms with Crippen LogP contribution in [0.25, 0.3) is 0 Å². The standard InChI is InChI=1S/C11H16BrNOS/c1-9(14)4-3-7-13(2)8-10-5-6-11(12)15-10/h5-6H,3-4,7-8H2,1-2H3. The van der Waals surface area contributed by atoms with Crippen LogP contribution in [0.4, 0.5) is 0 Å². The predicted octanol–water partition coefficient (Wildman–Crippen LogP) is 3.31. The van der Waals surface area contributed by atoms with Crippen molar-refractivity contribution in [1.29, 1.82) is 0 Å². The van der Waals surface area contributed by atoms with E-state index in [1.54, 1.807) is 18.3 Å². The number of carbonyl (C=O) groups is 1. The van der Waals surface area contributed by atoms with Crippen molar-refractivity contribution in [1.82, 2.24) is 4.90 Å². The average molecular weight is 290 g/mol. The SMILES string of the molecule is CC(=O)CCCN(C)Cc1ccc(Br)s1. The molecule has 0 saturated heterocycles. The predicted molar refractivity (Wildman–Crippen MR) is 68.3 cm³/mol. The number of carbonyl (C=O) groups excluding carboxylic acids is 1. The molecule has 0 saturated carbocycles. The maximum absolute atomic E-state index is 10.8. The van der Waals surface area contributed by atoms with Gasteiger partial charge in [-0.1, -0.05) is 0 Å². The molecule has 84 valence electrons. The maximum atomic E-state index is 10.8. The van der Waals surface area contributed by atoms with Crippen LogP contribution >= 0.6 is 27.3 Å². The first-order valence-electron chi connectivity index (χ1n) is 5.00. The molecule has 1 heterocycles. The summed E-state index contributed by atoms with van der Waals surface area (Å²) < 4.78 is 1.18. The lowest BCUT2D eigenvalue weighted by atomic mass is 10.2. The normalized spacial score (nSPS) is 10.9. The van der Waals surface area contributed by atoms with Crippen LogP contribution in [0.2, 0.25) is 0 Å². The molecule has 0 radical (unpaired) electrons. The number of nitrogens with zero attached hydrogens (tertiary/aromatic N) is 1. The zero-order valence-corrected chi connectivity index (χ0v) is 11.5. The van der Waals surface area contributed by atoms with Gasteiger partial charge in [0, 0.05) is 17.8 Å². The van der Waals surface area contributed by atoms with E-state index >= 15 is 0 Å². The van der Waals surface area contributed by atoms with Crippen LogP contribution in [-0.4, -0.2) is 24.3 Å². The molecule has 4 heteroatoms. The van der Waals surface area contributed by atoms with Gasteiger partial charge in [-0.05, 0) is 55.0 Å². The summed E-state index contributed by atoms with van der Waals surface area (Å²) in [4.78, 5) is 14.4. The van der Waals surface area contributed by atoms with Gasteiger partial charge in [0.25, 0.3) is 0 Å². The highest BCUT2D eigenvalue weighted by Crippen LogP contribution is 2.22. The van der Waals surface area contributed by atoms with E-state index in [2.05, 4.69) is 40.0 Å². The summed E-state index contributed by atoms with van der Waals surface area (Å²) in [7, 11) is 2.09. The van der Waals surface area contributed by atoms with Crippen LogP contribution in [-0.2, 0) is 11.3 Å². The van der Waals surface area contributed by atoms with Gasteiger partial charge in [-0.25, -0.2) is 0 Å². The summed E-state index contributed by atoms with van der Waals surface area (Å²) in [6.45, 7) is 3.60. The molecule has 0 aliphatic rings. The average Bonchev–Trinajstić information content (AvgIpc) is 2.50. The van der Waals surface area contributed by atoms with Crippen molar-refractivity contribution in [2.24, 2.45) is 0 Å². The smallest absolute Gasteiger partial charge is 0.129 e. The van der Waals surface area contributed by atoms with Crippen molar-refractivity contribution >= 4 is 33.0 Å². The molecular weight excluding hydrogens is 274 g/mol. The minimum atomic E-state index is 0.280. The molecule has 2 nitrogen and oxygen atoms in total. The Balaban J connectivity index is 2.24. The number of hydrogen-bond donors (Lipinski definition) is 0. The number of halogens is 1. The van der Waals surface area contributed by atoms with Gasteiger partial charge in [-0.15, -0.1) is 11.3 Å². The molecule has 1 aromatic rings. The second-order valence-electron chi connectivity index (χ2n) is 3.75. The van der Waals surface area contributed by atoms with E-state index < -0.39 is 0 Å². The van der Waals surface area contributed by atoms with Crippen molar-refractivity contribution in [3.8, 4) is 0 Å². The minimum Gasteiger partial charge on any atom is -0.301 e. The number of Topliss-reactive ketones (excluding diaryl/α,β-unsaturated/α-hetero) is 1. The van der Waals surface area contributed by atoms with Gasteiger partial charge in [0.2, 0.25) is 0 Å². The molecule has 0 atom stereocenters. The molecule has 0 unspecified atom stereocenters. The van der Waals surface area contributed by atoms with Crippen molar-refractivity contribution in [2.75, 3.05) is 13.6 Å². The van der Waals surface area contributed by atoms with Gasteiger partial charge < -0.3 is 9.69 Å². The zero-order valence-electron chi connectivity index (χ0n) is 9.12. The third kappa shape index (κ3) is 5.44. The number of rotatable bonds is 6. The summed E-state index contributed by atoms with van der Waals surface area (Å²) in [6.07, 6.45) is 1.65. The van der Waals surface area contributed by atoms with Crippen molar-refractivity contribution < 1.29 is 4.79 Å². The molecule has 15 heavy (non-hydrogen) atoms. The fraction of sp³-hybridized carbons (Fsp3) is 0.545. The Morgan fingerprint density at radius 2 is 2.27 bits per heavy atom.